The molecule has 2 fully saturated rings. The van der Waals surface area contributed by atoms with E-state index in [0.29, 0.717) is 5.01 Å². The Balaban J connectivity index is 1.51. The van der Waals surface area contributed by atoms with Crippen molar-refractivity contribution in [2.24, 2.45) is 10.4 Å². The van der Waals surface area contributed by atoms with Gasteiger partial charge in [0.25, 0.3) is 5.92 Å². The van der Waals surface area contributed by atoms with Crippen molar-refractivity contribution in [3.05, 3.63) is 62.5 Å². The summed E-state index contributed by atoms with van der Waals surface area (Å²) in [6.45, 7) is 3.89. The summed E-state index contributed by atoms with van der Waals surface area (Å²) in [7, 11) is 0. The van der Waals surface area contributed by atoms with Crippen LogP contribution in [-0.4, -0.2) is 88.7 Å². The van der Waals surface area contributed by atoms with E-state index in [9.17, 15) is 19.1 Å². The maximum atomic E-state index is 15.5. The molecule has 0 bridgehead atoms. The highest BCUT2D eigenvalue weighted by atomic mass is 35.5. The molecule has 3 atom stereocenters. The first-order valence-corrected chi connectivity index (χ1v) is 14.9. The lowest BCUT2D eigenvalue weighted by atomic mass is 9.89. The second kappa shape index (κ2) is 12.2. The van der Waals surface area contributed by atoms with E-state index < -0.39 is 53.8 Å². The van der Waals surface area contributed by atoms with Gasteiger partial charge in [-0.2, -0.15) is 5.06 Å². The van der Waals surface area contributed by atoms with Crippen molar-refractivity contribution >= 4 is 40.7 Å². The maximum Gasteiger partial charge on any atom is 0.338 e. The van der Waals surface area contributed by atoms with Crippen LogP contribution in [0.1, 0.15) is 43.8 Å². The number of carbonyl (C=O) groups excluding carboxylic acids is 1. The van der Waals surface area contributed by atoms with E-state index in [1.54, 1.807) is 24.6 Å². The largest absolute Gasteiger partial charge is 0.481 e. The van der Waals surface area contributed by atoms with Gasteiger partial charge in [0.05, 0.1) is 41.8 Å². The summed E-state index contributed by atoms with van der Waals surface area (Å²) in [6.07, 6.45) is 1.67. The van der Waals surface area contributed by atoms with Crippen LogP contribution in [0.15, 0.2) is 46.0 Å². The molecule has 2 saturated heterocycles. The van der Waals surface area contributed by atoms with Crippen LogP contribution in [0.3, 0.4) is 0 Å². The molecular formula is C28H31ClF3N5O5S. The molecule has 15 heteroatoms. The van der Waals surface area contributed by atoms with Crippen molar-refractivity contribution in [1.82, 2.24) is 20.3 Å². The van der Waals surface area contributed by atoms with Crippen LogP contribution in [-0.2, 0) is 19.2 Å². The van der Waals surface area contributed by atoms with E-state index in [4.69, 9.17) is 21.2 Å². The average Bonchev–Trinajstić information content (AvgIpc) is 3.68. The number of hydrogen-bond acceptors (Lipinski definition) is 10. The van der Waals surface area contributed by atoms with Crippen LogP contribution in [0.5, 0.6) is 0 Å². The van der Waals surface area contributed by atoms with Crippen LogP contribution < -0.4 is 5.32 Å². The fourth-order valence-electron chi connectivity index (χ4n) is 5.47. The number of likely N-dealkylation sites (tertiary alicyclic amines) is 1. The Morgan fingerprint density at radius 1 is 1.35 bits per heavy atom. The molecule has 3 aliphatic heterocycles. The molecule has 1 aromatic carbocycles. The standard InChI is InChI=1S/C28H31ClF3N5O5S/c1-4-41-25(38)19-17(34-23(24-33-9-11-43-24)35-21(19)15-6-5-7-16(30)20(15)29)12-36-14-28(31,32)22-18(36)13-42-37(22)10-8-27(2,3)26(39)40/h5-7,9,11,18,21-22H,4,8,10,12-14H2,1-3H3,(H,34,35)(H,39,40)/t18-,21?,22+/m1/s1. The van der Waals surface area contributed by atoms with Gasteiger partial charge in [0.2, 0.25) is 0 Å². The number of rotatable bonds is 10. The molecule has 10 nitrogen and oxygen atoms in total. The number of aliphatic imine (C=N–C) groups is 1. The molecular weight excluding hydrogens is 611 g/mol. The zero-order valence-electron chi connectivity index (χ0n) is 23.7. The number of nitrogens with zero attached hydrogens (tertiary/aromatic N) is 4. The highest BCUT2D eigenvalue weighted by Crippen LogP contribution is 2.43. The molecule has 1 unspecified atom stereocenters. The van der Waals surface area contributed by atoms with Gasteiger partial charge in [-0.25, -0.2) is 22.9 Å². The number of alkyl halides is 2. The highest BCUT2D eigenvalue weighted by Gasteiger charge is 2.61. The number of carbonyl (C=O) groups is 2. The van der Waals surface area contributed by atoms with E-state index in [2.05, 4.69) is 15.3 Å². The summed E-state index contributed by atoms with van der Waals surface area (Å²) in [6, 6.07) is 0.977. The second-order valence-electron chi connectivity index (χ2n) is 11.2. The normalized spacial score (nSPS) is 24.1. The van der Waals surface area contributed by atoms with Gasteiger partial charge in [-0.3, -0.25) is 19.5 Å². The van der Waals surface area contributed by atoms with E-state index >= 15 is 8.78 Å². The Morgan fingerprint density at radius 3 is 2.79 bits per heavy atom. The number of benzene rings is 1. The van der Waals surface area contributed by atoms with Crippen molar-refractivity contribution in [2.75, 3.05) is 32.8 Å². The maximum absolute atomic E-state index is 15.5. The van der Waals surface area contributed by atoms with E-state index in [1.807, 2.05) is 0 Å². The molecule has 3 aliphatic rings. The number of amidine groups is 1. The lowest BCUT2D eigenvalue weighted by molar-refractivity contribution is -0.186. The minimum absolute atomic E-state index is 0.0000827. The summed E-state index contributed by atoms with van der Waals surface area (Å²) >= 11 is 7.62. The average molecular weight is 642 g/mol. The summed E-state index contributed by atoms with van der Waals surface area (Å²) in [5.41, 5.74) is -0.663. The molecule has 0 spiro atoms. The first-order chi connectivity index (χ1) is 20.3. The quantitative estimate of drug-likeness (QED) is 0.367. The lowest BCUT2D eigenvalue weighted by Crippen LogP contribution is -2.46. The highest BCUT2D eigenvalue weighted by molar-refractivity contribution is 7.11. The number of aliphatic carboxylic acids is 1. The number of nitrogens with one attached hydrogen (secondary N) is 1. The van der Waals surface area contributed by atoms with Crippen LogP contribution >= 0.6 is 22.9 Å². The molecule has 0 aliphatic carbocycles. The number of fused-ring (bicyclic) bond motifs is 1. The van der Waals surface area contributed by atoms with Gasteiger partial charge in [-0.15, -0.1) is 11.3 Å². The molecule has 43 heavy (non-hydrogen) atoms. The summed E-state index contributed by atoms with van der Waals surface area (Å²) in [4.78, 5) is 41.1. The second-order valence-corrected chi connectivity index (χ2v) is 12.4. The Bertz CT molecular complexity index is 1450. The molecule has 2 aromatic rings. The third-order valence-corrected chi connectivity index (χ3v) is 9.01. The number of thiazole rings is 1. The summed E-state index contributed by atoms with van der Waals surface area (Å²) in [5.74, 6) is -5.42. The van der Waals surface area contributed by atoms with Gasteiger partial charge in [-0.1, -0.05) is 23.7 Å². The minimum Gasteiger partial charge on any atom is -0.481 e. The SMILES string of the molecule is CCOC(=O)C1=C(CN2CC(F)(F)[C@@H]3[C@H]2CON3CCC(C)(C)C(=O)O)NC(c2nccs2)=NC1c1cccc(F)c1Cl. The van der Waals surface area contributed by atoms with Gasteiger partial charge in [0, 0.05) is 35.9 Å². The van der Waals surface area contributed by atoms with Crippen molar-refractivity contribution in [3.8, 4) is 0 Å². The topological polar surface area (TPSA) is 117 Å². The molecule has 232 valence electrons. The molecule has 1 aromatic heterocycles. The smallest absolute Gasteiger partial charge is 0.338 e. The molecule has 2 N–H and O–H groups in total. The third kappa shape index (κ3) is 6.16. The fraction of sp³-hybridized carbons (Fsp3) is 0.500. The van der Waals surface area contributed by atoms with Gasteiger partial charge in [0.1, 0.15) is 17.9 Å². The number of carboxylic acid groups (broad SMARTS) is 1. The Labute approximate surface area is 255 Å². The number of ether oxygens (including phenoxy) is 1. The van der Waals surface area contributed by atoms with Crippen molar-refractivity contribution in [3.63, 3.8) is 0 Å². The third-order valence-electron chi connectivity index (χ3n) is 7.83. The van der Waals surface area contributed by atoms with Crippen molar-refractivity contribution in [2.45, 2.75) is 51.2 Å². The van der Waals surface area contributed by atoms with Crippen molar-refractivity contribution < 1.29 is 37.4 Å². The van der Waals surface area contributed by atoms with Crippen LogP contribution in [0.2, 0.25) is 5.02 Å². The number of halogens is 4. The predicted molar refractivity (Wildman–Crippen MR) is 152 cm³/mol. The van der Waals surface area contributed by atoms with Gasteiger partial charge >= 0.3 is 11.9 Å². The van der Waals surface area contributed by atoms with Crippen LogP contribution in [0, 0.1) is 11.2 Å². The lowest BCUT2D eigenvalue weighted by Gasteiger charge is -2.30. The van der Waals surface area contributed by atoms with Crippen LogP contribution in [0.25, 0.3) is 0 Å². The predicted octanol–water partition coefficient (Wildman–Crippen LogP) is 4.28. The minimum atomic E-state index is -3.20. The van der Waals surface area contributed by atoms with E-state index in [-0.39, 0.29) is 60.4 Å². The van der Waals surface area contributed by atoms with E-state index in [0.717, 1.165) is 0 Å². The number of esters is 1. The zero-order chi connectivity index (χ0) is 31.1. The molecule has 0 saturated carbocycles. The Morgan fingerprint density at radius 2 is 2.12 bits per heavy atom. The molecule has 5 rings (SSSR count). The molecule has 0 amide bonds. The fourth-order valence-corrected chi connectivity index (χ4v) is 6.28. The van der Waals surface area contributed by atoms with Gasteiger partial charge < -0.3 is 15.2 Å². The number of hydroxylamine groups is 2. The van der Waals surface area contributed by atoms with E-state index in [1.165, 1.54) is 47.3 Å². The molecule has 0 radical (unpaired) electrons. The number of aromatic nitrogens is 1. The Hall–Kier alpha value is -3.04. The summed E-state index contributed by atoms with van der Waals surface area (Å²) in [5, 5.41) is 15.7. The summed E-state index contributed by atoms with van der Waals surface area (Å²) < 4.78 is 51.0. The monoisotopic (exact) mass is 641 g/mol. The van der Waals surface area contributed by atoms with Gasteiger partial charge in [0.15, 0.2) is 10.8 Å². The van der Waals surface area contributed by atoms with Gasteiger partial charge in [-0.05, 0) is 33.3 Å². The Kier molecular flexibility index (Phi) is 8.87. The zero-order valence-corrected chi connectivity index (χ0v) is 25.2. The number of hydrogen-bond donors (Lipinski definition) is 2. The number of carboxylic acids is 1. The van der Waals surface area contributed by atoms with Crippen molar-refractivity contribution in [1.29, 1.82) is 0 Å². The molecule has 4 heterocycles. The first-order valence-electron chi connectivity index (χ1n) is 13.7. The van der Waals surface area contributed by atoms with Crippen LogP contribution in [0.4, 0.5) is 13.2 Å². The first kappa shape index (κ1) is 31.4.